The Labute approximate surface area is 167 Å². The molecule has 0 radical (unpaired) electrons. The van der Waals surface area contributed by atoms with Crippen molar-refractivity contribution in [3.63, 3.8) is 0 Å². The standard InChI is InChI=1S/C26H40N/c1-20(2)15-23-7-9-25(10-8-23)19-27-13-11-24(12-14-27)18-26(16-21(3)4)17-22(5)6/h7-14,20-22,26H,15-19H2,1-6H3/q+1. The van der Waals surface area contributed by atoms with E-state index in [1.807, 2.05) is 0 Å². The molecule has 0 spiro atoms. The van der Waals surface area contributed by atoms with Crippen LogP contribution in [-0.4, -0.2) is 0 Å². The van der Waals surface area contributed by atoms with E-state index in [0.717, 1.165) is 30.7 Å². The third kappa shape index (κ3) is 8.28. The van der Waals surface area contributed by atoms with Crippen LogP contribution in [0.2, 0.25) is 0 Å². The van der Waals surface area contributed by atoms with Crippen molar-refractivity contribution in [1.82, 2.24) is 0 Å². The van der Waals surface area contributed by atoms with E-state index in [-0.39, 0.29) is 0 Å². The molecule has 2 rings (SSSR count). The summed E-state index contributed by atoms with van der Waals surface area (Å²) in [4.78, 5) is 0. The molecule has 0 saturated carbocycles. The molecule has 0 saturated heterocycles. The summed E-state index contributed by atoms with van der Waals surface area (Å²) in [6, 6.07) is 13.8. The lowest BCUT2D eigenvalue weighted by Gasteiger charge is -2.20. The summed E-state index contributed by atoms with van der Waals surface area (Å²) < 4.78 is 2.29. The van der Waals surface area contributed by atoms with Gasteiger partial charge in [0.1, 0.15) is 0 Å². The molecule has 0 unspecified atom stereocenters. The van der Waals surface area contributed by atoms with Crippen LogP contribution in [0, 0.1) is 23.7 Å². The molecule has 0 aliphatic heterocycles. The number of hydrogen-bond donors (Lipinski definition) is 0. The highest BCUT2D eigenvalue weighted by Crippen LogP contribution is 2.23. The van der Waals surface area contributed by atoms with Crippen molar-refractivity contribution in [2.45, 2.75) is 73.8 Å². The van der Waals surface area contributed by atoms with E-state index in [2.05, 4.69) is 94.9 Å². The van der Waals surface area contributed by atoms with Gasteiger partial charge in [-0.3, -0.25) is 0 Å². The zero-order chi connectivity index (χ0) is 19.8. The first-order valence-corrected chi connectivity index (χ1v) is 10.9. The quantitative estimate of drug-likeness (QED) is 0.424. The molecule has 1 heterocycles. The van der Waals surface area contributed by atoms with Gasteiger partial charge in [0.05, 0.1) is 0 Å². The molecule has 1 aromatic heterocycles. The molecule has 1 aromatic carbocycles. The van der Waals surface area contributed by atoms with E-state index in [9.17, 15) is 0 Å². The molecule has 0 atom stereocenters. The summed E-state index contributed by atoms with van der Waals surface area (Å²) in [5.41, 5.74) is 4.29. The summed E-state index contributed by atoms with van der Waals surface area (Å²) >= 11 is 0. The average Bonchev–Trinajstić information content (AvgIpc) is 2.57. The fraction of sp³-hybridized carbons (Fsp3) is 0.577. The molecule has 1 nitrogen and oxygen atoms in total. The lowest BCUT2D eigenvalue weighted by atomic mass is 9.85. The molecule has 2 aromatic rings. The van der Waals surface area contributed by atoms with E-state index in [1.165, 1.54) is 36.0 Å². The highest BCUT2D eigenvalue weighted by molar-refractivity contribution is 5.22. The Kier molecular flexibility index (Phi) is 8.54. The Balaban J connectivity index is 1.95. The van der Waals surface area contributed by atoms with Gasteiger partial charge in [0.25, 0.3) is 0 Å². The Morgan fingerprint density at radius 3 is 1.56 bits per heavy atom. The first kappa shape index (κ1) is 21.7. The lowest BCUT2D eigenvalue weighted by Crippen LogP contribution is -2.33. The van der Waals surface area contributed by atoms with Crippen LogP contribution in [0.5, 0.6) is 0 Å². The smallest absolute Gasteiger partial charge is 0.173 e. The molecular formula is C26H40N+. The monoisotopic (exact) mass is 366 g/mol. The minimum absolute atomic E-state index is 0.716. The second-order valence-electron chi connectivity index (χ2n) is 9.62. The van der Waals surface area contributed by atoms with E-state index >= 15 is 0 Å². The van der Waals surface area contributed by atoms with E-state index in [0.29, 0.717) is 5.92 Å². The lowest BCUT2D eigenvalue weighted by molar-refractivity contribution is -0.688. The van der Waals surface area contributed by atoms with Gasteiger partial charge >= 0.3 is 0 Å². The number of aromatic nitrogens is 1. The minimum atomic E-state index is 0.716. The third-order valence-corrected chi connectivity index (χ3v) is 5.13. The van der Waals surface area contributed by atoms with Gasteiger partial charge in [-0.2, -0.15) is 0 Å². The molecule has 0 aliphatic carbocycles. The largest absolute Gasteiger partial charge is 0.201 e. The van der Waals surface area contributed by atoms with Crippen LogP contribution in [-0.2, 0) is 19.4 Å². The maximum Gasteiger partial charge on any atom is 0.173 e. The van der Waals surface area contributed by atoms with Crippen molar-refractivity contribution < 1.29 is 4.57 Å². The summed E-state index contributed by atoms with van der Waals surface area (Å²) in [7, 11) is 0. The van der Waals surface area contributed by atoms with Crippen LogP contribution in [0.25, 0.3) is 0 Å². The number of pyridine rings is 1. The predicted octanol–water partition coefficient (Wildman–Crippen LogP) is 6.47. The topological polar surface area (TPSA) is 3.88 Å². The van der Waals surface area contributed by atoms with Gasteiger partial charge in [-0.15, -0.1) is 0 Å². The van der Waals surface area contributed by atoms with Crippen molar-refractivity contribution in [2.75, 3.05) is 0 Å². The summed E-state index contributed by atoms with van der Waals surface area (Å²) in [6.45, 7) is 14.9. The minimum Gasteiger partial charge on any atom is -0.201 e. The molecule has 0 fully saturated rings. The Hall–Kier alpha value is -1.63. The van der Waals surface area contributed by atoms with Gasteiger partial charge in [-0.05, 0) is 60.5 Å². The van der Waals surface area contributed by atoms with Crippen LogP contribution in [0.15, 0.2) is 48.8 Å². The van der Waals surface area contributed by atoms with Gasteiger partial charge in [0, 0.05) is 17.7 Å². The first-order chi connectivity index (χ1) is 12.8. The SMILES string of the molecule is CC(C)Cc1ccc(C[n+]2ccc(CC(CC(C)C)CC(C)C)cc2)cc1. The maximum absolute atomic E-state index is 2.35. The zero-order valence-corrected chi connectivity index (χ0v) is 18.4. The average molecular weight is 367 g/mol. The highest BCUT2D eigenvalue weighted by atomic mass is 14.9. The second kappa shape index (κ2) is 10.6. The van der Waals surface area contributed by atoms with E-state index < -0.39 is 0 Å². The molecule has 0 amide bonds. The fourth-order valence-corrected chi connectivity index (χ4v) is 4.12. The molecule has 0 bridgehead atoms. The van der Waals surface area contributed by atoms with Crippen molar-refractivity contribution in [3.05, 3.63) is 65.5 Å². The summed E-state index contributed by atoms with van der Waals surface area (Å²) in [5.74, 6) is 3.07. The number of benzene rings is 1. The predicted molar refractivity (Wildman–Crippen MR) is 117 cm³/mol. The third-order valence-electron chi connectivity index (χ3n) is 5.13. The van der Waals surface area contributed by atoms with Gasteiger partial charge in [0.15, 0.2) is 18.9 Å². The van der Waals surface area contributed by atoms with Gasteiger partial charge < -0.3 is 0 Å². The van der Waals surface area contributed by atoms with Gasteiger partial charge in [0.2, 0.25) is 0 Å². The number of rotatable bonds is 10. The molecule has 0 N–H and O–H groups in total. The second-order valence-corrected chi connectivity index (χ2v) is 9.62. The van der Waals surface area contributed by atoms with Crippen LogP contribution in [0.1, 0.15) is 71.1 Å². The van der Waals surface area contributed by atoms with E-state index in [1.54, 1.807) is 0 Å². The number of nitrogens with zero attached hydrogens (tertiary/aromatic N) is 1. The summed E-state index contributed by atoms with van der Waals surface area (Å²) in [6.07, 6.45) is 9.53. The van der Waals surface area contributed by atoms with E-state index in [4.69, 9.17) is 0 Å². The van der Waals surface area contributed by atoms with Crippen LogP contribution < -0.4 is 4.57 Å². The van der Waals surface area contributed by atoms with Crippen LogP contribution in [0.4, 0.5) is 0 Å². The zero-order valence-electron chi connectivity index (χ0n) is 18.4. The molecule has 148 valence electrons. The molecular weight excluding hydrogens is 326 g/mol. The fourth-order valence-electron chi connectivity index (χ4n) is 4.12. The van der Waals surface area contributed by atoms with Crippen molar-refractivity contribution >= 4 is 0 Å². The Morgan fingerprint density at radius 2 is 1.07 bits per heavy atom. The first-order valence-electron chi connectivity index (χ1n) is 10.9. The highest BCUT2D eigenvalue weighted by Gasteiger charge is 2.14. The molecule has 1 heteroatoms. The van der Waals surface area contributed by atoms with Gasteiger partial charge in [-0.25, -0.2) is 4.57 Å². The molecule has 27 heavy (non-hydrogen) atoms. The summed E-state index contributed by atoms with van der Waals surface area (Å²) in [5, 5.41) is 0. The normalized spacial score (nSPS) is 11.9. The number of hydrogen-bond acceptors (Lipinski definition) is 0. The molecule has 0 aliphatic rings. The van der Waals surface area contributed by atoms with Crippen molar-refractivity contribution in [3.8, 4) is 0 Å². The van der Waals surface area contributed by atoms with Crippen LogP contribution in [0.3, 0.4) is 0 Å². The Morgan fingerprint density at radius 1 is 0.593 bits per heavy atom. The van der Waals surface area contributed by atoms with Crippen LogP contribution >= 0.6 is 0 Å². The van der Waals surface area contributed by atoms with Gasteiger partial charge in [-0.1, -0.05) is 65.8 Å². The Bertz CT molecular complexity index is 640. The van der Waals surface area contributed by atoms with Crippen molar-refractivity contribution in [1.29, 1.82) is 0 Å². The van der Waals surface area contributed by atoms with Crippen molar-refractivity contribution in [2.24, 2.45) is 23.7 Å². The maximum atomic E-state index is 2.35.